The van der Waals surface area contributed by atoms with Crippen LogP contribution in [0.5, 0.6) is 0 Å². The number of rotatable bonds is 2. The highest BCUT2D eigenvalue weighted by atomic mass is 19.4. The molecule has 0 N–H and O–H groups in total. The maximum absolute atomic E-state index is 13.3. The minimum atomic E-state index is -4.79. The van der Waals surface area contributed by atoms with E-state index >= 15 is 0 Å². The van der Waals surface area contributed by atoms with Crippen molar-refractivity contribution >= 4 is 6.03 Å². The lowest BCUT2D eigenvalue weighted by Crippen LogP contribution is -2.27. The first kappa shape index (κ1) is 14.9. The number of alkyl halides is 3. The molecule has 0 saturated carbocycles. The van der Waals surface area contributed by atoms with Crippen LogP contribution in [0.3, 0.4) is 0 Å². The molecule has 0 fully saturated rings. The fourth-order valence-electron chi connectivity index (χ4n) is 2.05. The molecule has 2 heterocycles. The smallest absolute Gasteiger partial charge is 0.243 e. The highest BCUT2D eigenvalue weighted by Crippen LogP contribution is 2.32. The molecule has 7 nitrogen and oxygen atoms in total. The zero-order valence-corrected chi connectivity index (χ0v) is 11.5. The molecule has 0 amide bonds. The van der Waals surface area contributed by atoms with Crippen LogP contribution >= 0.6 is 0 Å². The summed E-state index contributed by atoms with van der Waals surface area (Å²) in [5, 5.41) is 13.6. The number of carbonyl (C=O) groups is 1. The topological polar surface area (TPSA) is 78.5 Å². The Balaban J connectivity index is 2.03. The fourth-order valence-corrected chi connectivity index (χ4v) is 2.05. The normalized spacial score (nSPS) is 11.6. The van der Waals surface area contributed by atoms with Crippen LogP contribution in [0, 0.1) is 0 Å². The molecule has 118 valence electrons. The van der Waals surface area contributed by atoms with E-state index in [0.717, 1.165) is 6.20 Å². The molecule has 1 aromatic carbocycles. The highest BCUT2D eigenvalue weighted by Gasteiger charge is 2.41. The number of benzene rings is 1. The number of halogens is 3. The van der Waals surface area contributed by atoms with Gasteiger partial charge in [0.15, 0.2) is 5.69 Å². The molecule has 0 atom stereocenters. The second-order valence-corrected chi connectivity index (χ2v) is 4.59. The van der Waals surface area contributed by atoms with Crippen molar-refractivity contribution in [2.45, 2.75) is 12.6 Å². The number of carbonyl (C=O) groups excluding carboxylic acids is 1. The molecule has 0 aliphatic carbocycles. The second kappa shape index (κ2) is 5.63. The van der Waals surface area contributed by atoms with Gasteiger partial charge in [0.05, 0.1) is 12.4 Å². The van der Waals surface area contributed by atoms with Crippen molar-refractivity contribution < 1.29 is 18.0 Å². The molecule has 10 heteroatoms. The van der Waals surface area contributed by atoms with Gasteiger partial charge in [0.1, 0.15) is 5.69 Å². The molecule has 0 bridgehead atoms. The van der Waals surface area contributed by atoms with Crippen molar-refractivity contribution in [3.05, 3.63) is 59.7 Å². The molecule has 0 aliphatic heterocycles. The molecule has 0 aliphatic rings. The third kappa shape index (κ3) is 2.96. The predicted octanol–water partition coefficient (Wildman–Crippen LogP) is 2.00. The molecular weight excluding hydrogens is 313 g/mol. The largest absolute Gasteiger partial charge is 0.435 e. The van der Waals surface area contributed by atoms with E-state index in [-0.39, 0.29) is 16.8 Å². The predicted molar refractivity (Wildman–Crippen MR) is 70.5 cm³/mol. The van der Waals surface area contributed by atoms with Gasteiger partial charge >= 0.3 is 12.2 Å². The molecule has 23 heavy (non-hydrogen) atoms. The molecule has 3 rings (SSSR count). The first-order valence-electron chi connectivity index (χ1n) is 6.43. The summed E-state index contributed by atoms with van der Waals surface area (Å²) in [6.45, 7) is 0. The van der Waals surface area contributed by atoms with Crippen molar-refractivity contribution in [2.75, 3.05) is 0 Å². The Hall–Kier alpha value is -3.04. The van der Waals surface area contributed by atoms with Crippen LogP contribution in [0.4, 0.5) is 18.0 Å². The number of aromatic nitrogens is 6. The van der Waals surface area contributed by atoms with Crippen LogP contribution in [0.25, 0.3) is 0 Å². The monoisotopic (exact) mass is 322 g/mol. The first-order valence-corrected chi connectivity index (χ1v) is 6.43. The van der Waals surface area contributed by atoms with Crippen LogP contribution < -0.4 is 0 Å². The molecule has 0 saturated heterocycles. The molecule has 2 aromatic heterocycles. The van der Waals surface area contributed by atoms with Crippen LogP contribution in [-0.4, -0.2) is 36.0 Å². The summed E-state index contributed by atoms with van der Waals surface area (Å²) in [5.41, 5.74) is -0.933. The standard InChI is InChI=1S/C13H9F3N6O/c14-13(15,16)11-10(8-9-4-2-1-3-5-9)18-20-22(11)12(23)21-7-6-17-19-21/h1-7H,8H2. The minimum Gasteiger partial charge on any atom is -0.243 e. The average molecular weight is 322 g/mol. The summed E-state index contributed by atoms with van der Waals surface area (Å²) >= 11 is 0. The molecule has 0 unspecified atom stereocenters. The SMILES string of the molecule is O=C(n1ccnn1)n1nnc(Cc2ccccc2)c1C(F)(F)F. The van der Waals surface area contributed by atoms with E-state index in [1.807, 2.05) is 0 Å². The summed E-state index contributed by atoms with van der Waals surface area (Å²) in [6.07, 6.45) is -2.59. The third-order valence-corrected chi connectivity index (χ3v) is 3.02. The lowest BCUT2D eigenvalue weighted by Gasteiger charge is -2.09. The minimum absolute atomic E-state index is 0.0969. The van der Waals surface area contributed by atoms with Crippen LogP contribution in [0.15, 0.2) is 42.7 Å². The lowest BCUT2D eigenvalue weighted by atomic mass is 10.1. The summed E-state index contributed by atoms with van der Waals surface area (Å²) in [5.74, 6) is 0. The Morgan fingerprint density at radius 3 is 2.48 bits per heavy atom. The van der Waals surface area contributed by atoms with Crippen molar-refractivity contribution in [3.8, 4) is 0 Å². The second-order valence-electron chi connectivity index (χ2n) is 4.59. The summed E-state index contributed by atoms with van der Waals surface area (Å²) in [6, 6.07) is 7.37. The van der Waals surface area contributed by atoms with Crippen LogP contribution in [0.1, 0.15) is 17.0 Å². The van der Waals surface area contributed by atoms with Gasteiger partial charge in [0.25, 0.3) is 0 Å². The Bertz CT molecular complexity index is 810. The van der Waals surface area contributed by atoms with Crippen molar-refractivity contribution in [1.29, 1.82) is 0 Å². The van der Waals surface area contributed by atoms with E-state index in [9.17, 15) is 18.0 Å². The van der Waals surface area contributed by atoms with Gasteiger partial charge in [-0.1, -0.05) is 40.8 Å². The van der Waals surface area contributed by atoms with Gasteiger partial charge < -0.3 is 0 Å². The summed E-state index contributed by atoms with van der Waals surface area (Å²) in [7, 11) is 0. The highest BCUT2D eigenvalue weighted by molar-refractivity contribution is 5.78. The Labute approximate surface area is 127 Å². The number of hydrogen-bond donors (Lipinski definition) is 0. The average Bonchev–Trinajstić information content (AvgIpc) is 3.16. The fraction of sp³-hybridized carbons (Fsp3) is 0.154. The Morgan fingerprint density at radius 1 is 1.13 bits per heavy atom. The van der Waals surface area contributed by atoms with Gasteiger partial charge in [0.2, 0.25) is 0 Å². The van der Waals surface area contributed by atoms with E-state index in [1.54, 1.807) is 30.3 Å². The van der Waals surface area contributed by atoms with Gasteiger partial charge in [-0.25, -0.2) is 4.79 Å². The van der Waals surface area contributed by atoms with Gasteiger partial charge in [-0.3, -0.25) is 0 Å². The van der Waals surface area contributed by atoms with Crippen LogP contribution in [-0.2, 0) is 12.6 Å². The van der Waals surface area contributed by atoms with Crippen LogP contribution in [0.2, 0.25) is 0 Å². The van der Waals surface area contributed by atoms with Gasteiger partial charge in [-0.15, -0.1) is 10.2 Å². The van der Waals surface area contributed by atoms with E-state index in [2.05, 4.69) is 20.6 Å². The van der Waals surface area contributed by atoms with Gasteiger partial charge in [-0.2, -0.15) is 22.5 Å². The van der Waals surface area contributed by atoms with Gasteiger partial charge in [0, 0.05) is 6.42 Å². The van der Waals surface area contributed by atoms with E-state index in [0.29, 0.717) is 10.2 Å². The van der Waals surface area contributed by atoms with Gasteiger partial charge in [-0.05, 0) is 5.56 Å². The van der Waals surface area contributed by atoms with Crippen molar-refractivity contribution in [2.24, 2.45) is 0 Å². The maximum Gasteiger partial charge on any atom is 0.435 e. The van der Waals surface area contributed by atoms with E-state index in [1.165, 1.54) is 6.20 Å². The quantitative estimate of drug-likeness (QED) is 0.721. The number of nitrogens with zero attached hydrogens (tertiary/aromatic N) is 6. The molecule has 3 aromatic rings. The van der Waals surface area contributed by atoms with E-state index < -0.39 is 17.9 Å². The molecular formula is C13H9F3N6O. The summed E-state index contributed by atoms with van der Waals surface area (Å²) in [4.78, 5) is 12.1. The number of hydrogen-bond acceptors (Lipinski definition) is 5. The Morgan fingerprint density at radius 2 is 1.87 bits per heavy atom. The van der Waals surface area contributed by atoms with E-state index in [4.69, 9.17) is 0 Å². The first-order chi connectivity index (χ1) is 11.0. The van der Waals surface area contributed by atoms with Crippen molar-refractivity contribution in [3.63, 3.8) is 0 Å². The third-order valence-electron chi connectivity index (χ3n) is 3.02. The molecule has 0 radical (unpaired) electrons. The maximum atomic E-state index is 13.3. The lowest BCUT2D eigenvalue weighted by molar-refractivity contribution is -0.143. The zero-order chi connectivity index (χ0) is 16.4. The van der Waals surface area contributed by atoms with Crippen molar-refractivity contribution in [1.82, 2.24) is 30.0 Å². The zero-order valence-electron chi connectivity index (χ0n) is 11.5. The molecule has 0 spiro atoms. The summed E-state index contributed by atoms with van der Waals surface area (Å²) < 4.78 is 40.9. The Kier molecular flexibility index (Phi) is 3.64.